The molecular weight excluding hydrogens is 246 g/mol. The second-order valence-corrected chi connectivity index (χ2v) is 4.99. The maximum absolute atomic E-state index is 6.08. The van der Waals surface area contributed by atoms with Crippen LogP contribution in [0.2, 0.25) is 0 Å². The maximum atomic E-state index is 6.08. The van der Waals surface area contributed by atoms with E-state index in [1.807, 2.05) is 18.2 Å². The van der Waals surface area contributed by atoms with E-state index in [-0.39, 0.29) is 6.10 Å². The lowest BCUT2D eigenvalue weighted by Gasteiger charge is -2.18. The Morgan fingerprint density at radius 1 is 1.00 bits per heavy atom. The molecule has 0 saturated heterocycles. The van der Waals surface area contributed by atoms with Crippen molar-refractivity contribution in [2.24, 2.45) is 0 Å². The van der Waals surface area contributed by atoms with Crippen LogP contribution in [-0.4, -0.2) is 19.2 Å². The fourth-order valence-corrected chi connectivity index (χ4v) is 2.17. The van der Waals surface area contributed by atoms with E-state index in [9.17, 15) is 0 Å². The van der Waals surface area contributed by atoms with Gasteiger partial charge in [-0.3, -0.25) is 0 Å². The van der Waals surface area contributed by atoms with E-state index >= 15 is 0 Å². The monoisotopic (exact) mass is 269 g/mol. The van der Waals surface area contributed by atoms with Crippen LogP contribution in [0, 0.1) is 0 Å². The van der Waals surface area contributed by atoms with Crippen LogP contribution < -0.4 is 10.1 Å². The summed E-state index contributed by atoms with van der Waals surface area (Å²) in [6.45, 7) is 6.18. The summed E-state index contributed by atoms with van der Waals surface area (Å²) in [5, 5.41) is 3.39. The third-order valence-corrected chi connectivity index (χ3v) is 3.16. The Morgan fingerprint density at radius 2 is 1.70 bits per heavy atom. The Hall–Kier alpha value is -1.80. The molecule has 2 heteroatoms. The van der Waals surface area contributed by atoms with Crippen LogP contribution in [0.4, 0.5) is 0 Å². The average Bonchev–Trinajstić information content (AvgIpc) is 2.49. The topological polar surface area (TPSA) is 21.3 Å². The van der Waals surface area contributed by atoms with Crippen molar-refractivity contribution in [2.75, 3.05) is 13.1 Å². The molecule has 2 aromatic rings. The molecule has 0 radical (unpaired) electrons. The molecule has 0 spiro atoms. The van der Waals surface area contributed by atoms with Crippen molar-refractivity contribution in [1.82, 2.24) is 5.32 Å². The molecule has 0 amide bonds. The summed E-state index contributed by atoms with van der Waals surface area (Å²) in [7, 11) is 0. The maximum Gasteiger partial charge on any atom is 0.127 e. The quantitative estimate of drug-likeness (QED) is 0.763. The van der Waals surface area contributed by atoms with Gasteiger partial charge in [-0.2, -0.15) is 0 Å². The zero-order valence-corrected chi connectivity index (χ0v) is 12.3. The number of para-hydroxylation sites is 1. The molecule has 0 fully saturated rings. The highest BCUT2D eigenvalue weighted by atomic mass is 16.5. The lowest BCUT2D eigenvalue weighted by molar-refractivity contribution is 0.218. The molecule has 1 N–H and O–H groups in total. The lowest BCUT2D eigenvalue weighted by Crippen LogP contribution is -2.29. The van der Waals surface area contributed by atoms with Gasteiger partial charge in [0.1, 0.15) is 11.9 Å². The van der Waals surface area contributed by atoms with Crippen LogP contribution >= 0.6 is 0 Å². The summed E-state index contributed by atoms with van der Waals surface area (Å²) in [6, 6.07) is 18.6. The summed E-state index contributed by atoms with van der Waals surface area (Å²) in [4.78, 5) is 0. The van der Waals surface area contributed by atoms with Gasteiger partial charge in [0.15, 0.2) is 0 Å². The highest BCUT2D eigenvalue weighted by Crippen LogP contribution is 2.30. The van der Waals surface area contributed by atoms with E-state index in [0.717, 1.165) is 30.8 Å². The van der Waals surface area contributed by atoms with Crippen LogP contribution in [0.3, 0.4) is 0 Å². The van der Waals surface area contributed by atoms with E-state index in [1.165, 1.54) is 5.56 Å². The minimum Gasteiger partial charge on any atom is -0.489 e. The van der Waals surface area contributed by atoms with E-state index in [1.54, 1.807) is 0 Å². The van der Waals surface area contributed by atoms with Gasteiger partial charge < -0.3 is 10.1 Å². The predicted molar refractivity (Wildman–Crippen MR) is 85.1 cm³/mol. The number of hydrogen-bond donors (Lipinski definition) is 1. The van der Waals surface area contributed by atoms with Gasteiger partial charge in [0, 0.05) is 12.1 Å². The molecule has 0 aromatic heterocycles. The molecule has 0 saturated carbocycles. The van der Waals surface area contributed by atoms with E-state index in [2.05, 4.69) is 55.6 Å². The number of nitrogens with one attached hydrogen (secondary N) is 1. The lowest BCUT2D eigenvalue weighted by atomic mass is 10.0. The number of ether oxygens (including phenoxy) is 1. The van der Waals surface area contributed by atoms with E-state index < -0.39 is 0 Å². The molecule has 2 aromatic carbocycles. The Balaban J connectivity index is 2.09. The van der Waals surface area contributed by atoms with E-state index in [4.69, 9.17) is 4.74 Å². The summed E-state index contributed by atoms with van der Waals surface area (Å²) >= 11 is 0. The summed E-state index contributed by atoms with van der Waals surface area (Å²) < 4.78 is 6.08. The van der Waals surface area contributed by atoms with Crippen molar-refractivity contribution in [2.45, 2.75) is 26.4 Å². The van der Waals surface area contributed by atoms with Crippen molar-refractivity contribution < 1.29 is 4.74 Å². The first-order chi connectivity index (χ1) is 9.81. The van der Waals surface area contributed by atoms with Crippen LogP contribution in [0.1, 0.15) is 20.3 Å². The molecule has 0 bridgehead atoms. The Kier molecular flexibility index (Phi) is 5.63. The predicted octanol–water partition coefficient (Wildman–Crippen LogP) is 4.12. The smallest absolute Gasteiger partial charge is 0.127 e. The fourth-order valence-electron chi connectivity index (χ4n) is 2.17. The molecule has 0 aliphatic heterocycles. The molecule has 0 aliphatic rings. The molecule has 2 nitrogen and oxygen atoms in total. The second kappa shape index (κ2) is 7.71. The molecular formula is C18H23NO. The third kappa shape index (κ3) is 4.10. The zero-order chi connectivity index (χ0) is 14.2. The number of hydrogen-bond acceptors (Lipinski definition) is 2. The van der Waals surface area contributed by atoms with Crippen molar-refractivity contribution >= 4 is 0 Å². The van der Waals surface area contributed by atoms with Gasteiger partial charge in [-0.05, 0) is 31.5 Å². The zero-order valence-electron chi connectivity index (χ0n) is 12.3. The second-order valence-electron chi connectivity index (χ2n) is 4.99. The highest BCUT2D eigenvalue weighted by Gasteiger charge is 2.09. The standard InChI is InChI=1S/C18H23NO/c1-3-13-19-14-15(2)20-18-12-8-7-11-17(18)16-9-5-4-6-10-16/h4-12,15,19H,3,13-14H2,1-2H3. The molecule has 0 heterocycles. The van der Waals surface area contributed by atoms with Crippen LogP contribution in [0.25, 0.3) is 11.1 Å². The van der Waals surface area contributed by atoms with Crippen molar-refractivity contribution in [1.29, 1.82) is 0 Å². The number of rotatable bonds is 7. The first-order valence-electron chi connectivity index (χ1n) is 7.33. The van der Waals surface area contributed by atoms with Crippen LogP contribution in [0.15, 0.2) is 54.6 Å². The van der Waals surface area contributed by atoms with Gasteiger partial charge in [-0.15, -0.1) is 0 Å². The minimum atomic E-state index is 0.159. The first kappa shape index (κ1) is 14.6. The van der Waals surface area contributed by atoms with Gasteiger partial charge in [0.05, 0.1) is 0 Å². The van der Waals surface area contributed by atoms with Gasteiger partial charge in [0.25, 0.3) is 0 Å². The minimum absolute atomic E-state index is 0.159. The summed E-state index contributed by atoms with van der Waals surface area (Å²) in [5.74, 6) is 0.949. The van der Waals surface area contributed by atoms with Gasteiger partial charge >= 0.3 is 0 Å². The fraction of sp³-hybridized carbons (Fsp3) is 0.333. The van der Waals surface area contributed by atoms with Gasteiger partial charge in [-0.25, -0.2) is 0 Å². The van der Waals surface area contributed by atoms with E-state index in [0.29, 0.717) is 0 Å². The molecule has 1 unspecified atom stereocenters. The van der Waals surface area contributed by atoms with Crippen molar-refractivity contribution in [3.05, 3.63) is 54.6 Å². The third-order valence-electron chi connectivity index (χ3n) is 3.16. The number of benzene rings is 2. The molecule has 2 rings (SSSR count). The molecule has 20 heavy (non-hydrogen) atoms. The van der Waals surface area contributed by atoms with Crippen molar-refractivity contribution in [3.63, 3.8) is 0 Å². The Bertz CT molecular complexity index is 510. The highest BCUT2D eigenvalue weighted by molar-refractivity contribution is 5.70. The normalized spacial score (nSPS) is 12.1. The average molecular weight is 269 g/mol. The van der Waals surface area contributed by atoms with Gasteiger partial charge in [-0.1, -0.05) is 55.5 Å². The SMILES string of the molecule is CCCNCC(C)Oc1ccccc1-c1ccccc1. The molecule has 1 atom stereocenters. The largest absolute Gasteiger partial charge is 0.489 e. The van der Waals surface area contributed by atoms with Crippen molar-refractivity contribution in [3.8, 4) is 16.9 Å². The van der Waals surface area contributed by atoms with Crippen LogP contribution in [0.5, 0.6) is 5.75 Å². The molecule has 0 aliphatic carbocycles. The first-order valence-corrected chi connectivity index (χ1v) is 7.33. The Morgan fingerprint density at radius 3 is 2.45 bits per heavy atom. The summed E-state index contributed by atoms with van der Waals surface area (Å²) in [5.41, 5.74) is 2.34. The summed E-state index contributed by atoms with van der Waals surface area (Å²) in [6.07, 6.45) is 1.30. The Labute approximate surface area is 121 Å². The van der Waals surface area contributed by atoms with Gasteiger partial charge in [0.2, 0.25) is 0 Å². The van der Waals surface area contributed by atoms with Crippen LogP contribution in [-0.2, 0) is 0 Å². The molecule has 106 valence electrons.